The van der Waals surface area contributed by atoms with Crippen LogP contribution in [0.25, 0.3) is 0 Å². The highest BCUT2D eigenvalue weighted by molar-refractivity contribution is 5.85. The lowest BCUT2D eigenvalue weighted by Gasteiger charge is -2.28. The average Bonchev–Trinajstić information content (AvgIpc) is 2.15. The van der Waals surface area contributed by atoms with Gasteiger partial charge in [0.2, 0.25) is 0 Å². The topological polar surface area (TPSA) is 92.9 Å². The quantitative estimate of drug-likeness (QED) is 0.614. The Morgan fingerprint density at radius 3 is 2.27 bits per heavy atom. The first-order valence-corrected chi connectivity index (χ1v) is 4.69. The first kappa shape index (κ1) is 13.9. The second kappa shape index (κ2) is 6.36. The molecule has 6 heteroatoms. The summed E-state index contributed by atoms with van der Waals surface area (Å²) in [5, 5.41) is 8.64. The lowest BCUT2D eigenvalue weighted by molar-refractivity contribution is -0.151. The summed E-state index contributed by atoms with van der Waals surface area (Å²) in [5.41, 5.74) is 5.33. The molecule has 0 radical (unpaired) electrons. The largest absolute Gasteiger partial charge is 0.480 e. The van der Waals surface area contributed by atoms with Gasteiger partial charge in [-0.3, -0.25) is 9.59 Å². The smallest absolute Gasteiger partial charge is 0.323 e. The van der Waals surface area contributed by atoms with E-state index in [-0.39, 0.29) is 19.1 Å². The Balaban J connectivity index is 4.60. The van der Waals surface area contributed by atoms with Gasteiger partial charge < -0.3 is 20.5 Å². The number of nitrogens with two attached hydrogens (primary N) is 1. The molecule has 0 aromatic rings. The molecule has 0 aliphatic carbocycles. The molecule has 0 aromatic heterocycles. The molecule has 0 saturated heterocycles. The lowest BCUT2D eigenvalue weighted by Crippen LogP contribution is -2.48. The normalized spacial score (nSPS) is 12.6. The van der Waals surface area contributed by atoms with Crippen LogP contribution in [0.2, 0.25) is 0 Å². The number of carbonyl (C=O) groups is 2. The summed E-state index contributed by atoms with van der Waals surface area (Å²) in [5.74, 6) is -1.44. The Hall–Kier alpha value is -1.14. The van der Waals surface area contributed by atoms with Gasteiger partial charge in [-0.25, -0.2) is 0 Å². The van der Waals surface area contributed by atoms with E-state index in [0.29, 0.717) is 0 Å². The molecule has 6 nitrogen and oxygen atoms in total. The Morgan fingerprint density at radius 1 is 1.47 bits per heavy atom. The van der Waals surface area contributed by atoms with E-state index in [0.717, 1.165) is 0 Å². The van der Waals surface area contributed by atoms with Crippen molar-refractivity contribution in [1.82, 2.24) is 4.90 Å². The summed E-state index contributed by atoms with van der Waals surface area (Å²) in [7, 11) is 1.37. The number of carboxylic acids is 1. The van der Waals surface area contributed by atoms with Crippen LogP contribution in [-0.4, -0.2) is 54.2 Å². The zero-order chi connectivity index (χ0) is 12.0. The third-order valence-electron chi connectivity index (χ3n) is 1.99. The van der Waals surface area contributed by atoms with Gasteiger partial charge in [0.15, 0.2) is 0 Å². The maximum absolute atomic E-state index is 11.7. The minimum atomic E-state index is -1.05. The number of hydrogen-bond donors (Lipinski definition) is 2. The van der Waals surface area contributed by atoms with E-state index < -0.39 is 18.0 Å². The van der Waals surface area contributed by atoms with Gasteiger partial charge in [-0.1, -0.05) is 0 Å². The highest BCUT2D eigenvalue weighted by atomic mass is 16.5. The molecule has 0 fully saturated rings. The van der Waals surface area contributed by atoms with Crippen molar-refractivity contribution in [1.29, 1.82) is 0 Å². The zero-order valence-electron chi connectivity index (χ0n) is 9.27. The number of nitrogens with zero attached hydrogens (tertiary/aromatic N) is 1. The molecule has 0 aliphatic heterocycles. The van der Waals surface area contributed by atoms with E-state index in [9.17, 15) is 9.59 Å². The van der Waals surface area contributed by atoms with Gasteiger partial charge in [0.25, 0.3) is 5.91 Å². The Morgan fingerprint density at radius 2 is 2.00 bits per heavy atom. The summed E-state index contributed by atoms with van der Waals surface area (Å²) < 4.78 is 4.86. The SMILES string of the molecule is COC(CN)C(=O)N(CC(=O)O)C(C)C. The van der Waals surface area contributed by atoms with Crippen molar-refractivity contribution in [2.24, 2.45) is 5.73 Å². The third-order valence-corrected chi connectivity index (χ3v) is 1.99. The van der Waals surface area contributed by atoms with E-state index >= 15 is 0 Å². The summed E-state index contributed by atoms with van der Waals surface area (Å²) in [6.45, 7) is 3.18. The van der Waals surface area contributed by atoms with Crippen molar-refractivity contribution in [3.8, 4) is 0 Å². The molecule has 15 heavy (non-hydrogen) atoms. The monoisotopic (exact) mass is 218 g/mol. The number of methoxy groups -OCH3 is 1. The first-order chi connectivity index (χ1) is 6.93. The van der Waals surface area contributed by atoms with Gasteiger partial charge in [-0.15, -0.1) is 0 Å². The van der Waals surface area contributed by atoms with E-state index in [4.69, 9.17) is 15.6 Å². The number of aliphatic carboxylic acids is 1. The zero-order valence-corrected chi connectivity index (χ0v) is 9.27. The predicted molar refractivity (Wildman–Crippen MR) is 54.3 cm³/mol. The second-order valence-electron chi connectivity index (χ2n) is 3.41. The lowest BCUT2D eigenvalue weighted by atomic mass is 10.2. The van der Waals surface area contributed by atoms with Crippen LogP contribution in [0.5, 0.6) is 0 Å². The summed E-state index contributed by atoms with van der Waals surface area (Å²) >= 11 is 0. The van der Waals surface area contributed by atoms with Crippen LogP contribution in [0, 0.1) is 0 Å². The van der Waals surface area contributed by atoms with Crippen LogP contribution in [0.4, 0.5) is 0 Å². The molecule has 1 amide bonds. The molecule has 88 valence electrons. The highest BCUT2D eigenvalue weighted by Gasteiger charge is 2.26. The molecule has 1 unspecified atom stereocenters. The predicted octanol–water partition coefficient (Wildman–Crippen LogP) is -0.718. The van der Waals surface area contributed by atoms with Crippen molar-refractivity contribution in [2.45, 2.75) is 26.0 Å². The minimum Gasteiger partial charge on any atom is -0.480 e. The Labute approximate surface area is 89.0 Å². The summed E-state index contributed by atoms with van der Waals surface area (Å²) in [4.78, 5) is 23.5. The third kappa shape index (κ3) is 4.26. The maximum Gasteiger partial charge on any atom is 0.323 e. The molecule has 0 saturated carbocycles. The molecule has 0 spiro atoms. The van der Waals surface area contributed by atoms with Crippen LogP contribution in [0.1, 0.15) is 13.8 Å². The van der Waals surface area contributed by atoms with Crippen molar-refractivity contribution >= 4 is 11.9 Å². The van der Waals surface area contributed by atoms with E-state index in [1.807, 2.05) is 0 Å². The molecule has 0 rings (SSSR count). The average molecular weight is 218 g/mol. The van der Waals surface area contributed by atoms with Crippen LogP contribution in [0.3, 0.4) is 0 Å². The maximum atomic E-state index is 11.7. The van der Waals surface area contributed by atoms with E-state index in [1.165, 1.54) is 12.0 Å². The van der Waals surface area contributed by atoms with Gasteiger partial charge in [-0.2, -0.15) is 0 Å². The summed E-state index contributed by atoms with van der Waals surface area (Å²) in [6, 6.07) is -0.196. The van der Waals surface area contributed by atoms with Crippen LogP contribution in [-0.2, 0) is 14.3 Å². The number of carbonyl (C=O) groups excluding carboxylic acids is 1. The minimum absolute atomic E-state index is 0.0399. The first-order valence-electron chi connectivity index (χ1n) is 4.69. The fraction of sp³-hybridized carbons (Fsp3) is 0.778. The van der Waals surface area contributed by atoms with Gasteiger partial charge in [0.05, 0.1) is 0 Å². The van der Waals surface area contributed by atoms with Crippen molar-refractivity contribution in [2.75, 3.05) is 20.2 Å². The molecular formula is C9H18N2O4. The van der Waals surface area contributed by atoms with Gasteiger partial charge in [-0.05, 0) is 13.8 Å². The van der Waals surface area contributed by atoms with Crippen LogP contribution < -0.4 is 5.73 Å². The van der Waals surface area contributed by atoms with Gasteiger partial charge >= 0.3 is 5.97 Å². The molecular weight excluding hydrogens is 200 g/mol. The number of rotatable bonds is 6. The molecule has 3 N–H and O–H groups in total. The van der Waals surface area contributed by atoms with Crippen molar-refractivity contribution in [3.05, 3.63) is 0 Å². The second-order valence-corrected chi connectivity index (χ2v) is 3.41. The van der Waals surface area contributed by atoms with Gasteiger partial charge in [0.1, 0.15) is 12.6 Å². The standard InChI is InChI=1S/C9H18N2O4/c1-6(2)11(5-8(12)13)9(14)7(4-10)15-3/h6-7H,4-5,10H2,1-3H3,(H,12,13). The van der Waals surface area contributed by atoms with Crippen molar-refractivity contribution in [3.63, 3.8) is 0 Å². The number of amides is 1. The Kier molecular flexibility index (Phi) is 5.88. The molecule has 0 heterocycles. The molecule has 0 aliphatic rings. The Bertz CT molecular complexity index is 226. The number of ether oxygens (including phenoxy) is 1. The van der Waals surface area contributed by atoms with E-state index in [1.54, 1.807) is 13.8 Å². The molecule has 0 aromatic carbocycles. The van der Waals surface area contributed by atoms with Crippen LogP contribution >= 0.6 is 0 Å². The summed E-state index contributed by atoms with van der Waals surface area (Å²) in [6.07, 6.45) is -0.772. The van der Waals surface area contributed by atoms with Crippen LogP contribution in [0.15, 0.2) is 0 Å². The van der Waals surface area contributed by atoms with Gasteiger partial charge in [0, 0.05) is 19.7 Å². The van der Waals surface area contributed by atoms with E-state index in [2.05, 4.69) is 0 Å². The molecule has 1 atom stereocenters. The number of carboxylic acid groups (broad SMARTS) is 1. The molecule has 0 bridgehead atoms. The fourth-order valence-corrected chi connectivity index (χ4v) is 1.14. The number of hydrogen-bond acceptors (Lipinski definition) is 4. The highest BCUT2D eigenvalue weighted by Crippen LogP contribution is 2.03. The fourth-order valence-electron chi connectivity index (χ4n) is 1.14. The van der Waals surface area contributed by atoms with Crippen molar-refractivity contribution < 1.29 is 19.4 Å².